The number of nitrogens with one attached hydrogen (secondary N) is 4. The van der Waals surface area contributed by atoms with Gasteiger partial charge in [0.1, 0.15) is 62.7 Å². The Bertz CT molecular complexity index is 3900. The summed E-state index contributed by atoms with van der Waals surface area (Å²) in [4.78, 5) is 101. The molecule has 1 aliphatic carbocycles. The van der Waals surface area contributed by atoms with Crippen LogP contribution in [0.2, 0.25) is 15.1 Å². The van der Waals surface area contributed by atoms with E-state index in [1.165, 1.54) is 34.5 Å². The fourth-order valence-corrected chi connectivity index (χ4v) is 10.7. The molecule has 0 atom stereocenters. The van der Waals surface area contributed by atoms with Gasteiger partial charge in [-0.25, -0.2) is 14.4 Å². The van der Waals surface area contributed by atoms with Gasteiger partial charge in [0.25, 0.3) is 0 Å². The Balaban J connectivity index is 0.000000194. The van der Waals surface area contributed by atoms with Gasteiger partial charge in [0.15, 0.2) is 23.0 Å². The van der Waals surface area contributed by atoms with Crippen molar-refractivity contribution < 1.29 is 112 Å². The zero-order valence-corrected chi connectivity index (χ0v) is 51.0. The van der Waals surface area contributed by atoms with Gasteiger partial charge in [-0.2, -0.15) is 0 Å². The summed E-state index contributed by atoms with van der Waals surface area (Å²) >= 11 is 18.3. The van der Waals surface area contributed by atoms with Crippen LogP contribution in [0.3, 0.4) is 0 Å². The van der Waals surface area contributed by atoms with Crippen molar-refractivity contribution in [3.8, 4) is 69.0 Å². The zero-order valence-electron chi connectivity index (χ0n) is 48.8. The molecule has 5 aromatic carbocycles. The van der Waals surface area contributed by atoms with Crippen molar-refractivity contribution in [2.45, 2.75) is 57.8 Å². The third kappa shape index (κ3) is 15.1. The number of ketones is 2. The van der Waals surface area contributed by atoms with Crippen molar-refractivity contribution in [2.75, 3.05) is 65.4 Å². The number of benzene rings is 5. The van der Waals surface area contributed by atoms with E-state index in [4.69, 9.17) is 68.0 Å². The molecule has 0 radical (unpaired) electrons. The Morgan fingerprint density at radius 1 is 0.484 bits per heavy atom. The van der Waals surface area contributed by atoms with Crippen LogP contribution in [0.5, 0.6) is 69.0 Å². The number of amides is 3. The van der Waals surface area contributed by atoms with Crippen molar-refractivity contribution >= 4 is 93.4 Å². The lowest BCUT2D eigenvalue weighted by molar-refractivity contribution is -0.122. The normalized spacial score (nSPS) is 15.4. The maximum Gasteiger partial charge on any atom is 0.342 e. The number of Topliss-reactive ketones (excluding diaryl/α,β-unsaturated/α-hetero) is 1. The monoisotopic (exact) mass is 1320 g/mol. The van der Waals surface area contributed by atoms with Gasteiger partial charge in [-0.15, -0.1) is 6.58 Å². The van der Waals surface area contributed by atoms with Gasteiger partial charge in [-0.3, -0.25) is 24.0 Å². The number of rotatable bonds is 7. The van der Waals surface area contributed by atoms with Crippen LogP contribution >= 0.6 is 34.8 Å². The number of phenols is 8. The number of hydrogen-bond acceptors (Lipinski definition) is 24. The van der Waals surface area contributed by atoms with Gasteiger partial charge in [-0.1, -0.05) is 40.9 Å². The number of anilines is 2. The number of esters is 3. The molecular formula is C61H59Cl3N4O23. The Hall–Kier alpha value is -10.3. The molecule has 3 aliphatic heterocycles. The highest BCUT2D eigenvalue weighted by atomic mass is 35.5. The average molecular weight is 1320 g/mol. The molecule has 5 aromatic rings. The SMILES string of the molecule is C=CCNC1=C2CCOC(=O)c3c(O)cc(O)c(Cl)c3CCC(=O)NC(=CC1=O)C2=O.COc1c(O)cc2c(O)c1CCOC(=O)c1c(O)cc(O)c(Cl)c1CCC(=O)N2.COc1cc2c(OC)c(c1OC)CCOC(=O)c1c(O)cc(O)c(Cl)c1CCC(=O)N2. The summed E-state index contributed by atoms with van der Waals surface area (Å²) < 4.78 is 37.2. The van der Waals surface area contributed by atoms with E-state index in [0.29, 0.717) is 28.5 Å². The minimum atomic E-state index is -0.944. The lowest BCUT2D eigenvalue weighted by Gasteiger charge is -2.20. The van der Waals surface area contributed by atoms with Crippen molar-refractivity contribution in [3.05, 3.63) is 126 Å². The molecule has 0 aromatic heterocycles. The molecule has 0 saturated heterocycles. The highest BCUT2D eigenvalue weighted by Gasteiger charge is 2.33. The summed E-state index contributed by atoms with van der Waals surface area (Å²) in [5.74, 6) is -7.87. The molecule has 4 aliphatic rings. The van der Waals surface area contributed by atoms with Crippen LogP contribution < -0.4 is 40.2 Å². The first-order valence-corrected chi connectivity index (χ1v) is 28.4. The summed E-state index contributed by atoms with van der Waals surface area (Å²) in [6, 6.07) is 5.49. The number of allylic oxidation sites excluding steroid dienone is 2. The number of halogens is 3. The fraction of sp³-hybridized carbons (Fsp3) is 0.279. The van der Waals surface area contributed by atoms with E-state index in [0.717, 1.165) is 30.3 Å². The van der Waals surface area contributed by atoms with Crippen LogP contribution in [-0.2, 0) is 70.3 Å². The van der Waals surface area contributed by atoms with E-state index in [1.807, 2.05) is 0 Å². The number of fused-ring (bicyclic) bond motifs is 9. The second-order valence-corrected chi connectivity index (χ2v) is 20.9. The maximum atomic E-state index is 12.9. The predicted molar refractivity (Wildman–Crippen MR) is 323 cm³/mol. The van der Waals surface area contributed by atoms with Crippen molar-refractivity contribution in [1.82, 2.24) is 10.6 Å². The largest absolute Gasteiger partial charge is 0.507 e. The Morgan fingerprint density at radius 2 is 0.912 bits per heavy atom. The van der Waals surface area contributed by atoms with Crippen LogP contribution in [0.15, 0.2) is 66.0 Å². The van der Waals surface area contributed by atoms with E-state index in [2.05, 4.69) is 27.8 Å². The number of carbonyl (C=O) groups is 8. The Morgan fingerprint density at radius 3 is 1.35 bits per heavy atom. The summed E-state index contributed by atoms with van der Waals surface area (Å²) in [5, 5.41) is 90.7. The van der Waals surface area contributed by atoms with Gasteiger partial charge in [0, 0.05) is 98.2 Å². The second kappa shape index (κ2) is 29.8. The Kier molecular flexibility index (Phi) is 22.4. The molecule has 91 heavy (non-hydrogen) atoms. The van der Waals surface area contributed by atoms with Crippen LogP contribution in [-0.4, -0.2) is 143 Å². The van der Waals surface area contributed by atoms with Crippen molar-refractivity contribution in [3.63, 3.8) is 0 Å². The number of carbonyl (C=O) groups excluding carboxylic acids is 8. The standard InChI is InChI=1S/C21H19ClN2O7.C21H22ClNO8.C19H18ClNO8/c1-2-6-23-19-11-5-7-31-21(30)17-10(18(22)14(26)9-13(17)25)3-4-16(28)24-12(20(11)29)8-15(19)27;1-28-15-8-12-19(29-2)11(20(15)30-3)6-7-31-21(27)17-10(4-5-16(26)23-12)18(22)14(25)9-13(17)24;1-28-18-9-4-5-29-19(27)15-8(16(20)12(23)7-11(15)22)2-3-14(25)21-10(17(9)26)6-13(18)24/h2,8-9,23,25-26H,1,3-7H2,(H,24,28);8-9,24-25H,4-7H2,1-3H3,(H,23,26);6-7,22-24,26H,2-5H2,1H3,(H,21,25). The van der Waals surface area contributed by atoms with E-state index >= 15 is 0 Å². The second-order valence-electron chi connectivity index (χ2n) is 19.8. The molecule has 12 N–H and O–H groups in total. The van der Waals surface area contributed by atoms with Crippen molar-refractivity contribution in [2.24, 2.45) is 0 Å². The molecule has 27 nitrogen and oxygen atoms in total. The number of methoxy groups -OCH3 is 4. The molecule has 3 amide bonds. The fourth-order valence-electron chi connectivity index (χ4n) is 10.00. The smallest absolute Gasteiger partial charge is 0.342 e. The van der Waals surface area contributed by atoms with Gasteiger partial charge < -0.3 is 95.3 Å². The molecule has 0 spiro atoms. The summed E-state index contributed by atoms with van der Waals surface area (Å²) in [6.45, 7) is 3.15. The molecule has 0 unspecified atom stereocenters. The van der Waals surface area contributed by atoms with Crippen LogP contribution in [0, 0.1) is 0 Å². The third-order valence-electron chi connectivity index (χ3n) is 14.2. The quantitative estimate of drug-likeness (QED) is 0.0196. The van der Waals surface area contributed by atoms with Crippen LogP contribution in [0.25, 0.3) is 0 Å². The van der Waals surface area contributed by atoms with E-state index in [9.17, 15) is 79.2 Å². The third-order valence-corrected chi connectivity index (χ3v) is 15.4. The summed E-state index contributed by atoms with van der Waals surface area (Å²) in [5.41, 5.74) is 0.331. The topological polar surface area (TPSA) is 411 Å². The highest BCUT2D eigenvalue weighted by molar-refractivity contribution is 6.34. The lowest BCUT2D eigenvalue weighted by Crippen LogP contribution is -2.35. The minimum Gasteiger partial charge on any atom is -0.507 e. The molecule has 3 heterocycles. The van der Waals surface area contributed by atoms with Gasteiger partial charge in [0.2, 0.25) is 29.3 Å². The predicted octanol–water partition coefficient (Wildman–Crippen LogP) is 6.94. The van der Waals surface area contributed by atoms with Gasteiger partial charge in [-0.05, 0) is 36.0 Å². The van der Waals surface area contributed by atoms with Gasteiger partial charge >= 0.3 is 17.9 Å². The number of phenolic OH excluding ortho intramolecular Hbond substituents is 8. The van der Waals surface area contributed by atoms with E-state index in [-0.39, 0.29) is 178 Å². The molecule has 0 saturated carbocycles. The number of ether oxygens (including phenoxy) is 7. The van der Waals surface area contributed by atoms with Crippen molar-refractivity contribution in [1.29, 1.82) is 0 Å². The van der Waals surface area contributed by atoms with E-state index < -0.39 is 81.7 Å². The van der Waals surface area contributed by atoms with Crippen LogP contribution in [0.1, 0.15) is 84.6 Å². The maximum absolute atomic E-state index is 12.9. The molecule has 482 valence electrons. The first-order valence-electron chi connectivity index (χ1n) is 27.2. The van der Waals surface area contributed by atoms with Gasteiger partial charge in [0.05, 0.1) is 86.1 Å². The summed E-state index contributed by atoms with van der Waals surface area (Å²) in [7, 11) is 5.66. The molecular weight excluding hydrogens is 1260 g/mol. The molecule has 9 rings (SSSR count). The molecule has 0 fully saturated rings. The van der Waals surface area contributed by atoms with E-state index in [1.54, 1.807) is 6.07 Å². The first kappa shape index (κ1) is 68.2. The first-order chi connectivity index (χ1) is 43.3. The number of aromatic hydroxyl groups is 8. The molecule has 6 bridgehead atoms. The summed E-state index contributed by atoms with van der Waals surface area (Å²) in [6.07, 6.45) is 1.70. The van der Waals surface area contributed by atoms with Crippen LogP contribution in [0.4, 0.5) is 11.4 Å². The Labute approximate surface area is 531 Å². The number of hydrogen-bond donors (Lipinski definition) is 12. The average Bonchev–Trinajstić information content (AvgIpc) is 3.69. The zero-order chi connectivity index (χ0) is 66.7. The minimum absolute atomic E-state index is 0.0253. The number of cyclic esters (lactones) is 3. The highest BCUT2D eigenvalue weighted by Crippen LogP contribution is 2.46. The lowest BCUT2D eigenvalue weighted by atomic mass is 9.94. The molecule has 30 heteroatoms.